The highest BCUT2D eigenvalue weighted by molar-refractivity contribution is 5.95. The van der Waals surface area contributed by atoms with E-state index in [1.165, 1.54) is 13.0 Å². The van der Waals surface area contributed by atoms with Crippen molar-refractivity contribution in [2.45, 2.75) is 13.5 Å². The molecule has 0 bridgehead atoms. The molecule has 136 valence electrons. The van der Waals surface area contributed by atoms with Gasteiger partial charge in [0.25, 0.3) is 5.91 Å². The van der Waals surface area contributed by atoms with Crippen molar-refractivity contribution in [3.05, 3.63) is 65.5 Å². The number of anilines is 1. The van der Waals surface area contributed by atoms with Gasteiger partial charge in [0.05, 0.1) is 0 Å². The van der Waals surface area contributed by atoms with Gasteiger partial charge in [-0.1, -0.05) is 18.2 Å². The summed E-state index contributed by atoms with van der Waals surface area (Å²) in [4.78, 5) is 27.6. The average molecular weight is 355 g/mol. The lowest BCUT2D eigenvalue weighted by atomic mass is 10.1. The summed E-state index contributed by atoms with van der Waals surface area (Å²) in [5.41, 5.74) is 1.95. The third-order valence-electron chi connectivity index (χ3n) is 4.46. The van der Waals surface area contributed by atoms with Crippen LogP contribution < -0.4 is 5.32 Å². The zero-order chi connectivity index (χ0) is 18.5. The lowest BCUT2D eigenvalue weighted by Gasteiger charge is -2.34. The summed E-state index contributed by atoms with van der Waals surface area (Å²) in [6.45, 7) is 4.65. The number of rotatable bonds is 4. The third kappa shape index (κ3) is 4.46. The lowest BCUT2D eigenvalue weighted by Crippen LogP contribution is -2.48. The van der Waals surface area contributed by atoms with Crippen LogP contribution in [0.2, 0.25) is 0 Å². The first-order valence-corrected chi connectivity index (χ1v) is 8.65. The SMILES string of the molecule is CC(=O)Nc1ccc(C(=O)N2CCN(Cc3ccccc3F)CC2)cc1. The smallest absolute Gasteiger partial charge is 0.253 e. The van der Waals surface area contributed by atoms with Gasteiger partial charge in [-0.05, 0) is 30.3 Å². The zero-order valence-corrected chi connectivity index (χ0v) is 14.7. The highest BCUT2D eigenvalue weighted by Gasteiger charge is 2.22. The van der Waals surface area contributed by atoms with Crippen molar-refractivity contribution < 1.29 is 14.0 Å². The van der Waals surface area contributed by atoms with E-state index in [0.717, 1.165) is 0 Å². The maximum atomic E-state index is 13.8. The Hall–Kier alpha value is -2.73. The second-order valence-corrected chi connectivity index (χ2v) is 6.42. The van der Waals surface area contributed by atoms with E-state index in [9.17, 15) is 14.0 Å². The van der Waals surface area contributed by atoms with Gasteiger partial charge in [-0.3, -0.25) is 14.5 Å². The van der Waals surface area contributed by atoms with E-state index in [2.05, 4.69) is 10.2 Å². The Bertz CT molecular complexity index is 784. The Balaban J connectivity index is 1.55. The molecule has 0 radical (unpaired) electrons. The maximum Gasteiger partial charge on any atom is 0.253 e. The van der Waals surface area contributed by atoms with Crippen LogP contribution in [-0.4, -0.2) is 47.8 Å². The van der Waals surface area contributed by atoms with Crippen molar-refractivity contribution in [3.63, 3.8) is 0 Å². The molecular formula is C20H22FN3O2. The van der Waals surface area contributed by atoms with E-state index < -0.39 is 0 Å². The number of nitrogens with one attached hydrogen (secondary N) is 1. The fourth-order valence-electron chi connectivity index (χ4n) is 3.06. The molecule has 0 aromatic heterocycles. The summed E-state index contributed by atoms with van der Waals surface area (Å²) in [6.07, 6.45) is 0. The van der Waals surface area contributed by atoms with Gasteiger partial charge >= 0.3 is 0 Å². The van der Waals surface area contributed by atoms with Crippen molar-refractivity contribution in [1.82, 2.24) is 9.80 Å². The molecule has 2 aromatic rings. The van der Waals surface area contributed by atoms with Crippen LogP contribution >= 0.6 is 0 Å². The van der Waals surface area contributed by atoms with E-state index in [4.69, 9.17) is 0 Å². The number of nitrogens with zero attached hydrogens (tertiary/aromatic N) is 2. The van der Waals surface area contributed by atoms with Crippen LogP contribution in [0, 0.1) is 5.82 Å². The molecular weight excluding hydrogens is 333 g/mol. The summed E-state index contributed by atoms with van der Waals surface area (Å²) in [6, 6.07) is 13.7. The van der Waals surface area contributed by atoms with Gasteiger partial charge in [0.1, 0.15) is 5.82 Å². The Morgan fingerprint density at radius 2 is 1.65 bits per heavy atom. The lowest BCUT2D eigenvalue weighted by molar-refractivity contribution is -0.114. The van der Waals surface area contributed by atoms with E-state index in [1.807, 2.05) is 11.0 Å². The van der Waals surface area contributed by atoms with Gasteiger partial charge in [-0.25, -0.2) is 4.39 Å². The Morgan fingerprint density at radius 1 is 1.00 bits per heavy atom. The van der Waals surface area contributed by atoms with Crippen LogP contribution in [0.1, 0.15) is 22.8 Å². The van der Waals surface area contributed by atoms with E-state index in [-0.39, 0.29) is 17.6 Å². The normalized spacial score (nSPS) is 14.9. The second kappa shape index (κ2) is 8.10. The molecule has 26 heavy (non-hydrogen) atoms. The number of halogens is 1. The van der Waals surface area contributed by atoms with Crippen LogP contribution in [-0.2, 0) is 11.3 Å². The molecule has 1 N–H and O–H groups in total. The van der Waals surface area contributed by atoms with Crippen LogP contribution in [0.25, 0.3) is 0 Å². The molecule has 5 nitrogen and oxygen atoms in total. The first-order chi connectivity index (χ1) is 12.5. The third-order valence-corrected chi connectivity index (χ3v) is 4.46. The second-order valence-electron chi connectivity index (χ2n) is 6.42. The molecule has 1 heterocycles. The van der Waals surface area contributed by atoms with Crippen molar-refractivity contribution in [3.8, 4) is 0 Å². The molecule has 0 spiro atoms. The van der Waals surface area contributed by atoms with Crippen LogP contribution in [0.3, 0.4) is 0 Å². The van der Waals surface area contributed by atoms with Crippen LogP contribution in [0.4, 0.5) is 10.1 Å². The number of carbonyl (C=O) groups excluding carboxylic acids is 2. The number of carbonyl (C=O) groups is 2. The standard InChI is InChI=1S/C20H22FN3O2/c1-15(25)22-18-8-6-16(7-9-18)20(26)24-12-10-23(11-13-24)14-17-4-2-3-5-19(17)21/h2-9H,10-14H2,1H3,(H,22,25). The summed E-state index contributed by atoms with van der Waals surface area (Å²) < 4.78 is 13.8. The predicted molar refractivity (Wildman–Crippen MR) is 98.3 cm³/mol. The van der Waals surface area contributed by atoms with Gasteiger partial charge in [-0.15, -0.1) is 0 Å². The fraction of sp³-hybridized carbons (Fsp3) is 0.300. The van der Waals surface area contributed by atoms with Gasteiger partial charge in [-0.2, -0.15) is 0 Å². The van der Waals surface area contributed by atoms with Gasteiger partial charge < -0.3 is 10.2 Å². The molecule has 6 heteroatoms. The topological polar surface area (TPSA) is 52.7 Å². The molecule has 2 amide bonds. The van der Waals surface area contributed by atoms with Gasteiger partial charge in [0.2, 0.25) is 5.91 Å². The Kier molecular flexibility index (Phi) is 5.63. The van der Waals surface area contributed by atoms with E-state index in [1.54, 1.807) is 36.4 Å². The minimum absolute atomic E-state index is 0.0232. The molecule has 0 atom stereocenters. The van der Waals surface area contributed by atoms with E-state index >= 15 is 0 Å². The molecule has 1 fully saturated rings. The number of hydrogen-bond donors (Lipinski definition) is 1. The minimum atomic E-state index is -0.190. The van der Waals surface area contributed by atoms with Crippen molar-refractivity contribution in [2.75, 3.05) is 31.5 Å². The van der Waals surface area contributed by atoms with Crippen molar-refractivity contribution >= 4 is 17.5 Å². The highest BCUT2D eigenvalue weighted by atomic mass is 19.1. The Labute approximate surface area is 152 Å². The summed E-state index contributed by atoms with van der Waals surface area (Å²) >= 11 is 0. The quantitative estimate of drug-likeness (QED) is 0.918. The fourth-order valence-corrected chi connectivity index (χ4v) is 3.06. The number of hydrogen-bond acceptors (Lipinski definition) is 3. The zero-order valence-electron chi connectivity index (χ0n) is 14.7. The summed E-state index contributed by atoms with van der Waals surface area (Å²) in [5, 5.41) is 2.68. The van der Waals surface area contributed by atoms with Gasteiger partial charge in [0, 0.05) is 56.5 Å². The monoisotopic (exact) mass is 355 g/mol. The molecule has 2 aromatic carbocycles. The predicted octanol–water partition coefficient (Wildman–Crippen LogP) is 2.74. The van der Waals surface area contributed by atoms with Crippen molar-refractivity contribution in [2.24, 2.45) is 0 Å². The molecule has 1 aliphatic heterocycles. The van der Waals surface area contributed by atoms with Gasteiger partial charge in [0.15, 0.2) is 0 Å². The maximum absolute atomic E-state index is 13.8. The largest absolute Gasteiger partial charge is 0.336 e. The minimum Gasteiger partial charge on any atom is -0.336 e. The summed E-state index contributed by atoms with van der Waals surface area (Å²) in [7, 11) is 0. The average Bonchev–Trinajstić information content (AvgIpc) is 2.64. The van der Waals surface area contributed by atoms with Crippen molar-refractivity contribution in [1.29, 1.82) is 0 Å². The molecule has 3 rings (SSSR count). The first kappa shape index (κ1) is 18.1. The number of benzene rings is 2. The molecule has 0 aliphatic carbocycles. The highest BCUT2D eigenvalue weighted by Crippen LogP contribution is 2.15. The summed E-state index contributed by atoms with van der Waals surface area (Å²) in [5.74, 6) is -0.356. The molecule has 1 aliphatic rings. The van der Waals surface area contributed by atoms with Crippen LogP contribution in [0.15, 0.2) is 48.5 Å². The first-order valence-electron chi connectivity index (χ1n) is 8.65. The van der Waals surface area contributed by atoms with Crippen LogP contribution in [0.5, 0.6) is 0 Å². The Morgan fingerprint density at radius 3 is 2.27 bits per heavy atom. The molecule has 0 saturated carbocycles. The number of amides is 2. The molecule has 1 saturated heterocycles. The molecule has 0 unspecified atom stereocenters. The number of piperazine rings is 1. The van der Waals surface area contributed by atoms with E-state index in [0.29, 0.717) is 49.5 Å².